The van der Waals surface area contributed by atoms with Crippen molar-refractivity contribution in [2.24, 2.45) is 10.8 Å². The lowest BCUT2D eigenvalue weighted by Crippen LogP contribution is -2.27. The van der Waals surface area contributed by atoms with Crippen molar-refractivity contribution in [3.05, 3.63) is 29.8 Å². The molecule has 0 aliphatic rings. The zero-order chi connectivity index (χ0) is 16.4. The van der Waals surface area contributed by atoms with Gasteiger partial charge < -0.3 is 10.5 Å². The van der Waals surface area contributed by atoms with Gasteiger partial charge in [-0.1, -0.05) is 26.7 Å². The molecule has 0 aromatic heterocycles. The van der Waals surface area contributed by atoms with Gasteiger partial charge in [0.25, 0.3) is 0 Å². The third-order valence-electron chi connectivity index (χ3n) is 3.47. The quantitative estimate of drug-likeness (QED) is 0.428. The molecule has 0 aliphatic carbocycles. The van der Waals surface area contributed by atoms with Gasteiger partial charge in [0.15, 0.2) is 0 Å². The highest BCUT2D eigenvalue weighted by molar-refractivity contribution is 5.81. The zero-order valence-electron chi connectivity index (χ0n) is 13.8. The first kappa shape index (κ1) is 18.0. The number of hydrogen-bond acceptors (Lipinski definition) is 3. The van der Waals surface area contributed by atoms with E-state index in [9.17, 15) is 4.79 Å². The molecule has 0 saturated carbocycles. The Morgan fingerprint density at radius 1 is 1.32 bits per heavy atom. The van der Waals surface area contributed by atoms with Crippen molar-refractivity contribution in [1.82, 2.24) is 5.01 Å². The number of urea groups is 1. The highest BCUT2D eigenvalue weighted by atomic mass is 16.5. The maximum absolute atomic E-state index is 10.9. The van der Waals surface area contributed by atoms with Crippen LogP contribution in [0.5, 0.6) is 5.75 Å². The molecule has 1 aromatic carbocycles. The van der Waals surface area contributed by atoms with Gasteiger partial charge in [-0.15, -0.1) is 0 Å². The molecule has 1 rings (SSSR count). The summed E-state index contributed by atoms with van der Waals surface area (Å²) in [5, 5.41) is 5.03. The molecule has 0 heterocycles. The maximum Gasteiger partial charge on any atom is 0.334 e. The number of ether oxygens (including phenoxy) is 1. The van der Waals surface area contributed by atoms with Crippen LogP contribution in [-0.4, -0.2) is 30.4 Å². The SMILES string of the molecule is CCCCCC(CC)Oc1ccc(C=NN(C)C(N)=O)cc1. The van der Waals surface area contributed by atoms with Gasteiger partial charge in [0.2, 0.25) is 0 Å². The molecule has 0 spiro atoms. The van der Waals surface area contributed by atoms with Crippen molar-refractivity contribution in [3.8, 4) is 5.75 Å². The van der Waals surface area contributed by atoms with Crippen molar-refractivity contribution in [1.29, 1.82) is 0 Å². The molecule has 22 heavy (non-hydrogen) atoms. The number of nitrogens with two attached hydrogens (primary N) is 1. The highest BCUT2D eigenvalue weighted by Crippen LogP contribution is 2.17. The Balaban J connectivity index is 2.54. The molecule has 1 unspecified atom stereocenters. The monoisotopic (exact) mass is 305 g/mol. The summed E-state index contributed by atoms with van der Waals surface area (Å²) in [6.07, 6.45) is 7.65. The third-order valence-corrected chi connectivity index (χ3v) is 3.47. The summed E-state index contributed by atoms with van der Waals surface area (Å²) in [6.45, 7) is 4.36. The van der Waals surface area contributed by atoms with Crippen molar-refractivity contribution in [2.45, 2.75) is 52.1 Å². The predicted octanol–water partition coefficient (Wildman–Crippen LogP) is 3.77. The molecular formula is C17H27N3O2. The fourth-order valence-electron chi connectivity index (χ4n) is 2.00. The third kappa shape index (κ3) is 6.61. The average Bonchev–Trinajstić information content (AvgIpc) is 2.52. The van der Waals surface area contributed by atoms with Crippen LogP contribution in [0.2, 0.25) is 0 Å². The highest BCUT2D eigenvalue weighted by Gasteiger charge is 2.07. The number of amides is 2. The topological polar surface area (TPSA) is 67.9 Å². The molecule has 2 N–H and O–H groups in total. The van der Waals surface area contributed by atoms with E-state index >= 15 is 0 Å². The molecule has 5 heteroatoms. The summed E-state index contributed by atoms with van der Waals surface area (Å²) in [5.41, 5.74) is 5.99. The number of carbonyl (C=O) groups is 1. The Labute approximate surface area is 133 Å². The molecular weight excluding hydrogens is 278 g/mol. The lowest BCUT2D eigenvalue weighted by atomic mass is 10.1. The fourth-order valence-corrected chi connectivity index (χ4v) is 2.00. The molecule has 2 amide bonds. The van der Waals surface area contributed by atoms with Crippen molar-refractivity contribution in [2.75, 3.05) is 7.05 Å². The molecule has 0 aliphatic heterocycles. The second-order valence-corrected chi connectivity index (χ2v) is 5.32. The second kappa shape index (κ2) is 9.82. The van der Waals surface area contributed by atoms with E-state index < -0.39 is 6.03 Å². The van der Waals surface area contributed by atoms with Crippen LogP contribution in [0, 0.1) is 0 Å². The predicted molar refractivity (Wildman–Crippen MR) is 90.2 cm³/mol. The summed E-state index contributed by atoms with van der Waals surface area (Å²) < 4.78 is 6.00. The normalized spacial score (nSPS) is 12.3. The number of nitrogens with zero attached hydrogens (tertiary/aromatic N) is 2. The van der Waals surface area contributed by atoms with Crippen LogP contribution < -0.4 is 10.5 Å². The average molecular weight is 305 g/mol. The number of hydrogen-bond donors (Lipinski definition) is 1. The van der Waals surface area contributed by atoms with E-state index in [0.29, 0.717) is 0 Å². The number of primary amides is 1. The van der Waals surface area contributed by atoms with Gasteiger partial charge in [0.1, 0.15) is 5.75 Å². The Bertz CT molecular complexity index is 471. The van der Waals surface area contributed by atoms with Crippen LogP contribution in [0.3, 0.4) is 0 Å². The van der Waals surface area contributed by atoms with E-state index in [0.717, 1.165) is 29.2 Å². The van der Waals surface area contributed by atoms with Gasteiger partial charge in [-0.05, 0) is 49.1 Å². The molecule has 0 bridgehead atoms. The van der Waals surface area contributed by atoms with Crippen molar-refractivity contribution < 1.29 is 9.53 Å². The minimum Gasteiger partial charge on any atom is -0.490 e. The minimum atomic E-state index is -0.589. The maximum atomic E-state index is 10.9. The first-order valence-corrected chi connectivity index (χ1v) is 7.90. The lowest BCUT2D eigenvalue weighted by molar-refractivity contribution is 0.183. The number of benzene rings is 1. The van der Waals surface area contributed by atoms with E-state index in [1.54, 1.807) is 6.21 Å². The van der Waals surface area contributed by atoms with Crippen molar-refractivity contribution >= 4 is 12.2 Å². The largest absolute Gasteiger partial charge is 0.490 e. The van der Waals surface area contributed by atoms with Crippen LogP contribution in [-0.2, 0) is 0 Å². The van der Waals surface area contributed by atoms with E-state index in [4.69, 9.17) is 10.5 Å². The number of rotatable bonds is 9. The van der Waals surface area contributed by atoms with Crippen LogP contribution >= 0.6 is 0 Å². The van der Waals surface area contributed by atoms with Crippen LogP contribution in [0.1, 0.15) is 51.5 Å². The summed E-state index contributed by atoms with van der Waals surface area (Å²) >= 11 is 0. The number of carbonyl (C=O) groups excluding carboxylic acids is 1. The van der Waals surface area contributed by atoms with Gasteiger partial charge in [0, 0.05) is 7.05 Å². The molecule has 5 nitrogen and oxygen atoms in total. The van der Waals surface area contributed by atoms with E-state index in [-0.39, 0.29) is 6.10 Å². The summed E-state index contributed by atoms with van der Waals surface area (Å²) in [6, 6.07) is 7.08. The Kier molecular flexibility index (Phi) is 8.04. The molecule has 1 atom stereocenters. The van der Waals surface area contributed by atoms with Crippen LogP contribution in [0.15, 0.2) is 29.4 Å². The van der Waals surface area contributed by atoms with E-state index in [1.807, 2.05) is 24.3 Å². The van der Waals surface area contributed by atoms with Crippen LogP contribution in [0.25, 0.3) is 0 Å². The minimum absolute atomic E-state index is 0.270. The van der Waals surface area contributed by atoms with E-state index in [1.165, 1.54) is 26.3 Å². The summed E-state index contributed by atoms with van der Waals surface area (Å²) in [5.74, 6) is 0.865. The van der Waals surface area contributed by atoms with Gasteiger partial charge in [-0.25, -0.2) is 9.80 Å². The smallest absolute Gasteiger partial charge is 0.334 e. The number of hydrazone groups is 1. The fraction of sp³-hybridized carbons (Fsp3) is 0.529. The standard InChI is InChI=1S/C17H27N3O2/c1-4-6-7-8-15(5-2)22-16-11-9-14(10-12-16)13-19-20(3)17(18)21/h9-13,15H,4-8H2,1-3H3,(H2,18,21). The number of unbranched alkanes of at least 4 members (excludes halogenated alkanes) is 2. The van der Waals surface area contributed by atoms with Gasteiger partial charge in [0.05, 0.1) is 12.3 Å². The molecule has 1 aromatic rings. The van der Waals surface area contributed by atoms with Gasteiger partial charge in [-0.2, -0.15) is 5.10 Å². The van der Waals surface area contributed by atoms with Crippen molar-refractivity contribution in [3.63, 3.8) is 0 Å². The Hall–Kier alpha value is -2.04. The lowest BCUT2D eigenvalue weighted by Gasteiger charge is -2.17. The second-order valence-electron chi connectivity index (χ2n) is 5.32. The first-order valence-electron chi connectivity index (χ1n) is 7.90. The van der Waals surface area contributed by atoms with Gasteiger partial charge >= 0.3 is 6.03 Å². The zero-order valence-corrected chi connectivity index (χ0v) is 13.8. The molecule has 0 saturated heterocycles. The first-order chi connectivity index (χ1) is 10.6. The Morgan fingerprint density at radius 2 is 2.00 bits per heavy atom. The summed E-state index contributed by atoms with van der Waals surface area (Å²) in [7, 11) is 1.51. The molecule has 0 radical (unpaired) electrons. The van der Waals surface area contributed by atoms with Gasteiger partial charge in [-0.3, -0.25) is 0 Å². The van der Waals surface area contributed by atoms with E-state index in [2.05, 4.69) is 18.9 Å². The van der Waals surface area contributed by atoms with Crippen LogP contribution in [0.4, 0.5) is 4.79 Å². The summed E-state index contributed by atoms with van der Waals surface area (Å²) in [4.78, 5) is 10.9. The molecule has 122 valence electrons. The molecule has 0 fully saturated rings. The Morgan fingerprint density at radius 3 is 2.55 bits per heavy atom.